The zero-order valence-electron chi connectivity index (χ0n) is 24.4. The summed E-state index contributed by atoms with van der Waals surface area (Å²) in [5.41, 5.74) is 7.91. The van der Waals surface area contributed by atoms with Gasteiger partial charge >= 0.3 is 0 Å². The minimum Gasteiger partial charge on any atom is -0.195 e. The smallest absolute Gasteiger partial charge is 0.108 e. The van der Waals surface area contributed by atoms with Gasteiger partial charge < -0.3 is 0 Å². The van der Waals surface area contributed by atoms with Gasteiger partial charge in [0.25, 0.3) is 0 Å². The van der Waals surface area contributed by atoms with Gasteiger partial charge in [-0.2, -0.15) is 21.9 Å². The highest BCUT2D eigenvalue weighted by molar-refractivity contribution is 7.55. The second-order valence-corrected chi connectivity index (χ2v) is 13.7. The Labute approximate surface area is 248 Å². The molecule has 6 rings (SSSR count). The number of rotatable bonds is 5. The molecule has 0 heterocycles. The minimum absolute atomic E-state index is 0.120. The normalized spacial score (nSPS) is 10.5. The van der Waals surface area contributed by atoms with Gasteiger partial charge in [-0.25, -0.2) is 0 Å². The van der Waals surface area contributed by atoms with Crippen LogP contribution in [0.4, 0.5) is 0 Å². The Hall–Kier alpha value is -4.19. The molecule has 0 saturated heterocycles. The lowest BCUT2D eigenvalue weighted by atomic mass is 9.13. The molecule has 41 heavy (non-hydrogen) atoms. The van der Waals surface area contributed by atoms with E-state index in [0.717, 1.165) is 0 Å². The van der Waals surface area contributed by atoms with Gasteiger partial charge in [0.2, 0.25) is 0 Å². The summed E-state index contributed by atoms with van der Waals surface area (Å²) in [6.07, 6.45) is -1.22. The summed E-state index contributed by atoms with van der Waals surface area (Å²) in [6, 6.07) is 64.3. The van der Waals surface area contributed by atoms with Gasteiger partial charge in [0.15, 0.2) is 0 Å². The largest absolute Gasteiger partial charge is 0.195 e. The van der Waals surface area contributed by atoms with Crippen LogP contribution in [0.25, 0.3) is 11.1 Å². The van der Waals surface area contributed by atoms with E-state index in [2.05, 4.69) is 190 Å². The van der Waals surface area contributed by atoms with Gasteiger partial charge in [0.1, 0.15) is 6.15 Å². The van der Waals surface area contributed by atoms with Crippen molar-refractivity contribution in [2.75, 3.05) is 20.0 Å². The van der Waals surface area contributed by atoms with E-state index in [1.165, 1.54) is 33.0 Å². The maximum atomic E-state index is 2.27. The molecule has 0 aromatic heterocycles. The lowest BCUT2D eigenvalue weighted by molar-refractivity contribution is 1.62. The molecule has 0 fully saturated rings. The monoisotopic (exact) mass is 550 g/mol. The molecule has 0 saturated carbocycles. The maximum absolute atomic E-state index is 2.27. The first kappa shape index (κ1) is 29.8. The van der Waals surface area contributed by atoms with Crippen LogP contribution in [0.5, 0.6) is 0 Å². The highest BCUT2D eigenvalue weighted by atomic mass is 31.1. The molecule has 0 radical (unpaired) electrons. The predicted molar refractivity (Wildman–Crippen MR) is 188 cm³/mol. The lowest BCUT2D eigenvalue weighted by Gasteiger charge is -2.44. The quantitative estimate of drug-likeness (QED) is 0.154. The molecular weight excluding hydrogens is 510 g/mol. The lowest BCUT2D eigenvalue weighted by Crippen LogP contribution is -2.74. The van der Waals surface area contributed by atoms with Crippen LogP contribution < -0.4 is 21.9 Å². The van der Waals surface area contributed by atoms with Gasteiger partial charge in [0, 0.05) is 20.0 Å². The molecule has 0 aliphatic carbocycles. The summed E-state index contributed by atoms with van der Waals surface area (Å²) in [4.78, 5) is 0. The van der Waals surface area contributed by atoms with Crippen molar-refractivity contribution in [2.45, 2.75) is 0 Å². The fraction of sp³-hybridized carbons (Fsp3) is 0.0769. The first-order valence-electron chi connectivity index (χ1n) is 14.4. The molecule has 0 N–H and O–H groups in total. The van der Waals surface area contributed by atoms with Gasteiger partial charge in [-0.3, -0.25) is 0 Å². The topological polar surface area (TPSA) is 0 Å². The molecule has 0 unspecified atom stereocenters. The average molecular weight is 551 g/mol. The average Bonchev–Trinajstić information content (AvgIpc) is 3.05. The Morgan fingerprint density at radius 1 is 0.293 bits per heavy atom. The molecule has 0 spiro atoms. The molecular formula is C39H40BP. The van der Waals surface area contributed by atoms with Crippen molar-refractivity contribution in [3.05, 3.63) is 182 Å². The Balaban J connectivity index is 0.000000201. The zero-order chi connectivity index (χ0) is 28.8. The summed E-state index contributed by atoms with van der Waals surface area (Å²) in [5, 5.41) is 0. The first-order chi connectivity index (χ1) is 20.1. The van der Waals surface area contributed by atoms with E-state index in [-0.39, 0.29) is 7.92 Å². The summed E-state index contributed by atoms with van der Waals surface area (Å²) in [5.74, 6) is 0. The van der Waals surface area contributed by atoms with E-state index >= 15 is 0 Å². The van der Waals surface area contributed by atoms with Crippen molar-refractivity contribution < 1.29 is 0 Å². The number of hydrogen-bond acceptors (Lipinski definition) is 0. The third-order valence-corrected chi connectivity index (χ3v) is 7.08. The standard InChI is InChI=1S/C24H20B.C12H10.C3H9P/c1-5-13-21(14-6-1)25(22-15-7-2-8-16-22,23-17-9-3-10-18-23)24-19-11-4-12-20-24;1-3-7-11(8-4-1)12-9-5-2-6-10-12;1-4(2)3/h1-20H;1-10H;1-3H3/q-1;;/p+1. The molecule has 6 aromatic carbocycles. The van der Waals surface area contributed by atoms with Crippen molar-refractivity contribution in [1.29, 1.82) is 0 Å². The second kappa shape index (κ2) is 15.6. The predicted octanol–water partition coefficient (Wildman–Crippen LogP) is 7.51. The van der Waals surface area contributed by atoms with E-state index in [1.54, 1.807) is 0 Å². The molecule has 0 atom stereocenters. The van der Waals surface area contributed by atoms with Crippen molar-refractivity contribution in [3.63, 3.8) is 0 Å². The molecule has 2 heteroatoms. The van der Waals surface area contributed by atoms with Gasteiger partial charge in [-0.15, -0.1) is 0 Å². The Bertz CT molecular complexity index is 1320. The molecule has 0 aliphatic rings. The summed E-state index contributed by atoms with van der Waals surface area (Å²) >= 11 is 0. The van der Waals surface area contributed by atoms with Gasteiger partial charge in [0.05, 0.1) is 0 Å². The van der Waals surface area contributed by atoms with E-state index in [4.69, 9.17) is 0 Å². The molecule has 0 amide bonds. The summed E-state index contributed by atoms with van der Waals surface area (Å²) in [7, 11) is 0.120. The third kappa shape index (κ3) is 7.94. The van der Waals surface area contributed by atoms with Gasteiger partial charge in [-0.05, 0) is 19.0 Å². The van der Waals surface area contributed by atoms with Crippen LogP contribution in [-0.4, -0.2) is 26.1 Å². The maximum Gasteiger partial charge on any atom is 0.108 e. The second-order valence-electron chi connectivity index (χ2n) is 10.7. The SMILES string of the molecule is C[PH+](C)C.c1ccc(-c2ccccc2)cc1.c1ccc([B-](c2ccccc2)(c2ccccc2)c2ccccc2)cc1. The fourth-order valence-electron chi connectivity index (χ4n) is 5.38. The van der Waals surface area contributed by atoms with Crippen LogP contribution in [-0.2, 0) is 0 Å². The number of benzene rings is 6. The first-order valence-corrected chi connectivity index (χ1v) is 17.4. The molecule has 204 valence electrons. The fourth-order valence-corrected chi connectivity index (χ4v) is 5.38. The van der Waals surface area contributed by atoms with E-state index < -0.39 is 6.15 Å². The third-order valence-electron chi connectivity index (χ3n) is 7.08. The molecule has 0 nitrogen and oxygen atoms in total. The highest BCUT2D eigenvalue weighted by Crippen LogP contribution is 2.17. The highest BCUT2D eigenvalue weighted by Gasteiger charge is 2.31. The zero-order valence-corrected chi connectivity index (χ0v) is 25.4. The van der Waals surface area contributed by atoms with Crippen molar-refractivity contribution in [2.24, 2.45) is 0 Å². The molecule has 6 aromatic rings. The van der Waals surface area contributed by atoms with Crippen LogP contribution >= 0.6 is 7.92 Å². The van der Waals surface area contributed by atoms with Crippen LogP contribution in [0.3, 0.4) is 0 Å². The Morgan fingerprint density at radius 3 is 0.659 bits per heavy atom. The van der Waals surface area contributed by atoms with Crippen molar-refractivity contribution >= 4 is 35.9 Å². The van der Waals surface area contributed by atoms with E-state index in [1.807, 2.05) is 12.1 Å². The van der Waals surface area contributed by atoms with Crippen molar-refractivity contribution in [3.8, 4) is 11.1 Å². The van der Waals surface area contributed by atoms with E-state index in [0.29, 0.717) is 0 Å². The summed E-state index contributed by atoms with van der Waals surface area (Å²) < 4.78 is 0. The van der Waals surface area contributed by atoms with Gasteiger partial charge in [-0.1, -0.05) is 182 Å². The van der Waals surface area contributed by atoms with Crippen LogP contribution in [0.2, 0.25) is 0 Å². The minimum atomic E-state index is -1.22. The number of hydrogen-bond donors (Lipinski definition) is 0. The van der Waals surface area contributed by atoms with Crippen LogP contribution in [0.15, 0.2) is 182 Å². The van der Waals surface area contributed by atoms with Crippen LogP contribution in [0.1, 0.15) is 0 Å². The van der Waals surface area contributed by atoms with E-state index in [9.17, 15) is 0 Å². The summed E-state index contributed by atoms with van der Waals surface area (Å²) in [6.45, 7) is 6.81. The Kier molecular flexibility index (Phi) is 11.3. The Morgan fingerprint density at radius 2 is 0.463 bits per heavy atom. The molecule has 0 aliphatic heterocycles. The molecule has 0 bridgehead atoms. The van der Waals surface area contributed by atoms with Crippen LogP contribution in [0, 0.1) is 0 Å². The van der Waals surface area contributed by atoms with Crippen molar-refractivity contribution in [1.82, 2.24) is 0 Å².